The van der Waals surface area contributed by atoms with E-state index in [-0.39, 0.29) is 29.7 Å². The molecule has 6 aromatic rings. The van der Waals surface area contributed by atoms with Crippen molar-refractivity contribution >= 4 is 78.1 Å². The van der Waals surface area contributed by atoms with Gasteiger partial charge in [-0.2, -0.15) is 0 Å². The molecule has 0 fully saturated rings. The molecule has 2 heterocycles. The largest absolute Gasteiger partial charge is 0.399 e. The first-order chi connectivity index (χ1) is 24.3. The van der Waals surface area contributed by atoms with E-state index in [1.165, 1.54) is 4.90 Å². The van der Waals surface area contributed by atoms with E-state index < -0.39 is 0 Å². The number of imide groups is 2. The van der Waals surface area contributed by atoms with Crippen molar-refractivity contribution in [2.45, 2.75) is 84.1 Å². The van der Waals surface area contributed by atoms with Crippen LogP contribution in [0.1, 0.15) is 119 Å². The van der Waals surface area contributed by atoms with Crippen LogP contribution < -0.4 is 10.6 Å². The molecule has 7 heteroatoms. The van der Waals surface area contributed by atoms with Crippen LogP contribution in [0.3, 0.4) is 0 Å². The Kier molecular flexibility index (Phi) is 8.01. The van der Waals surface area contributed by atoms with Gasteiger partial charge in [-0.05, 0) is 93.7 Å². The molecule has 6 aromatic carbocycles. The number of hydrogen-bond donors (Lipinski definition) is 1. The van der Waals surface area contributed by atoms with Crippen LogP contribution in [0, 0.1) is 0 Å². The van der Waals surface area contributed by atoms with Gasteiger partial charge in [-0.25, -0.2) is 4.90 Å². The summed E-state index contributed by atoms with van der Waals surface area (Å²) in [4.78, 5) is 59.5. The molecule has 0 bridgehead atoms. The number of nitrogens with zero attached hydrogens (tertiary/aromatic N) is 2. The van der Waals surface area contributed by atoms with Gasteiger partial charge < -0.3 is 5.73 Å². The van der Waals surface area contributed by atoms with Crippen LogP contribution in [0.15, 0.2) is 72.8 Å². The van der Waals surface area contributed by atoms with Crippen LogP contribution >= 0.6 is 0 Å². The third-order valence-electron chi connectivity index (χ3n) is 11.0. The molecule has 50 heavy (non-hydrogen) atoms. The lowest BCUT2D eigenvalue weighted by Gasteiger charge is -2.35. The Bertz CT molecular complexity index is 2230. The van der Waals surface area contributed by atoms with Crippen LogP contribution in [0.5, 0.6) is 0 Å². The zero-order valence-corrected chi connectivity index (χ0v) is 28.7. The lowest BCUT2D eigenvalue weighted by Crippen LogP contribution is -2.47. The number of carbonyl (C=O) groups excluding carboxylic acids is 4. The molecule has 2 aliphatic heterocycles. The number of unbranched alkanes of at least 4 members (excludes halogenated alkanes) is 6. The summed E-state index contributed by atoms with van der Waals surface area (Å²) in [5.74, 6) is -1.20. The van der Waals surface area contributed by atoms with Crippen molar-refractivity contribution in [2.75, 3.05) is 10.6 Å². The van der Waals surface area contributed by atoms with Gasteiger partial charge in [-0.15, -0.1) is 0 Å². The van der Waals surface area contributed by atoms with E-state index >= 15 is 0 Å². The van der Waals surface area contributed by atoms with Crippen molar-refractivity contribution < 1.29 is 19.2 Å². The average molecular weight is 664 g/mol. The summed E-state index contributed by atoms with van der Waals surface area (Å²) in [6, 6.07) is 21.8. The Balaban J connectivity index is 1.26. The molecule has 0 atom stereocenters. The summed E-state index contributed by atoms with van der Waals surface area (Å²) < 4.78 is 0. The van der Waals surface area contributed by atoms with Gasteiger partial charge in [0.25, 0.3) is 23.6 Å². The third-order valence-corrected chi connectivity index (χ3v) is 11.0. The number of nitrogens with two attached hydrogens (primary N) is 1. The van der Waals surface area contributed by atoms with Gasteiger partial charge in [-0.3, -0.25) is 24.1 Å². The summed E-state index contributed by atoms with van der Waals surface area (Å²) in [6.07, 6.45) is 10.4. The standard InChI is InChI=1S/C43H41N3O4/c1-3-5-7-9-11-26(12-10-8-6-4-2)45-40(47)32-21-17-28-30-19-23-34-39-35(43(50)46(42(34)49)27-15-13-25(44)14-16-27)24-20-31(37(30)39)29-18-22-33(41(45)48)38(32)36(28)29/h13-24,26H,3-12,44H2,1-2H3. The number of rotatable bonds is 12. The highest BCUT2D eigenvalue weighted by molar-refractivity contribution is 6.43. The molecule has 8 rings (SSSR count). The van der Waals surface area contributed by atoms with Crippen LogP contribution in [0.25, 0.3) is 43.1 Å². The molecule has 0 aliphatic carbocycles. The normalized spacial score (nSPS) is 14.5. The Hall–Kier alpha value is -5.30. The lowest BCUT2D eigenvalue weighted by molar-refractivity contribution is 0.0516. The maximum absolute atomic E-state index is 14.4. The van der Waals surface area contributed by atoms with Crippen molar-refractivity contribution in [1.82, 2.24) is 4.90 Å². The second-order valence-electron chi connectivity index (χ2n) is 14.0. The SMILES string of the molecule is CCCCCCC(CCCCCC)N1C(=O)c2ccc3c4ccc5c6c(ccc(c7ccc(c2c37)C1=O)c64)C(=O)N(c1ccc(N)cc1)C5=O. The number of fused-ring (bicyclic) bond motifs is 2. The summed E-state index contributed by atoms with van der Waals surface area (Å²) in [7, 11) is 0. The average Bonchev–Trinajstić information content (AvgIpc) is 3.13. The van der Waals surface area contributed by atoms with E-state index in [9.17, 15) is 19.2 Å². The van der Waals surface area contributed by atoms with Crippen LogP contribution in [0.4, 0.5) is 11.4 Å². The molecule has 0 radical (unpaired) electrons. The molecule has 0 saturated carbocycles. The molecule has 0 spiro atoms. The molecule has 4 amide bonds. The molecular weight excluding hydrogens is 622 g/mol. The molecule has 0 unspecified atom stereocenters. The lowest BCUT2D eigenvalue weighted by atomic mass is 9.82. The smallest absolute Gasteiger partial charge is 0.265 e. The minimum Gasteiger partial charge on any atom is -0.399 e. The Morgan fingerprint density at radius 1 is 0.480 bits per heavy atom. The summed E-state index contributed by atoms with van der Waals surface area (Å²) in [5.41, 5.74) is 8.92. The predicted molar refractivity (Wildman–Crippen MR) is 201 cm³/mol. The van der Waals surface area contributed by atoms with E-state index in [0.29, 0.717) is 44.4 Å². The Labute approximate surface area is 291 Å². The van der Waals surface area contributed by atoms with Gasteiger partial charge in [0.05, 0.1) is 5.69 Å². The fourth-order valence-corrected chi connectivity index (χ4v) is 8.49. The molecular formula is C43H41N3O4. The van der Waals surface area contributed by atoms with Crippen molar-refractivity contribution in [3.8, 4) is 0 Å². The maximum atomic E-state index is 14.4. The van der Waals surface area contributed by atoms with E-state index in [2.05, 4.69) is 13.8 Å². The monoisotopic (exact) mass is 663 g/mol. The number of benzene rings is 6. The number of nitrogen functional groups attached to an aromatic ring is 1. The van der Waals surface area contributed by atoms with Crippen molar-refractivity contribution in [3.63, 3.8) is 0 Å². The van der Waals surface area contributed by atoms with E-state index in [1.807, 2.05) is 36.4 Å². The van der Waals surface area contributed by atoms with Crippen molar-refractivity contribution in [1.29, 1.82) is 0 Å². The summed E-state index contributed by atoms with van der Waals surface area (Å²) >= 11 is 0. The number of hydrogen-bond acceptors (Lipinski definition) is 5. The second kappa shape index (κ2) is 12.5. The molecule has 252 valence electrons. The first-order valence-electron chi connectivity index (χ1n) is 18.2. The van der Waals surface area contributed by atoms with Gasteiger partial charge in [0.15, 0.2) is 0 Å². The second-order valence-corrected chi connectivity index (χ2v) is 14.0. The number of anilines is 2. The van der Waals surface area contributed by atoms with E-state index in [4.69, 9.17) is 5.73 Å². The minimum atomic E-state index is -0.387. The van der Waals surface area contributed by atoms with Gasteiger partial charge in [-0.1, -0.05) is 89.5 Å². The van der Waals surface area contributed by atoms with E-state index in [0.717, 1.165) is 96.5 Å². The minimum absolute atomic E-state index is 0.126. The maximum Gasteiger partial charge on any atom is 0.265 e. The summed E-state index contributed by atoms with van der Waals surface area (Å²) in [6.45, 7) is 4.38. The molecule has 0 saturated heterocycles. The van der Waals surface area contributed by atoms with Crippen molar-refractivity contribution in [2.24, 2.45) is 0 Å². The molecule has 2 aliphatic rings. The first-order valence-corrected chi connectivity index (χ1v) is 18.2. The van der Waals surface area contributed by atoms with Gasteiger partial charge in [0, 0.05) is 44.8 Å². The molecule has 2 N–H and O–H groups in total. The van der Waals surface area contributed by atoms with Crippen LogP contribution in [0.2, 0.25) is 0 Å². The highest BCUT2D eigenvalue weighted by atomic mass is 16.2. The quantitative estimate of drug-likeness (QED) is 0.0462. The molecule has 0 aromatic heterocycles. The Morgan fingerprint density at radius 2 is 0.880 bits per heavy atom. The molecule has 7 nitrogen and oxygen atoms in total. The van der Waals surface area contributed by atoms with Gasteiger partial charge in [0.1, 0.15) is 0 Å². The fraction of sp³-hybridized carbons (Fsp3) is 0.302. The van der Waals surface area contributed by atoms with Crippen LogP contribution in [-0.2, 0) is 0 Å². The van der Waals surface area contributed by atoms with Crippen molar-refractivity contribution in [3.05, 3.63) is 95.1 Å². The number of carbonyl (C=O) groups is 4. The van der Waals surface area contributed by atoms with E-state index in [1.54, 1.807) is 41.3 Å². The summed E-state index contributed by atoms with van der Waals surface area (Å²) in [5, 5.41) is 6.58. The number of amides is 4. The zero-order chi connectivity index (χ0) is 34.7. The zero-order valence-electron chi connectivity index (χ0n) is 28.7. The first kappa shape index (κ1) is 31.9. The van der Waals surface area contributed by atoms with Gasteiger partial charge in [0.2, 0.25) is 0 Å². The Morgan fingerprint density at radius 3 is 1.28 bits per heavy atom. The third kappa shape index (κ3) is 4.77. The fourth-order valence-electron chi connectivity index (χ4n) is 8.49. The highest BCUT2D eigenvalue weighted by Gasteiger charge is 2.39. The predicted octanol–water partition coefficient (Wildman–Crippen LogP) is 10.0. The topological polar surface area (TPSA) is 101 Å². The van der Waals surface area contributed by atoms with Gasteiger partial charge >= 0.3 is 0 Å². The highest BCUT2D eigenvalue weighted by Crippen LogP contribution is 2.47. The van der Waals surface area contributed by atoms with Crippen LogP contribution in [-0.4, -0.2) is 34.6 Å².